The van der Waals surface area contributed by atoms with Crippen LogP contribution in [-0.4, -0.2) is 27.9 Å². The van der Waals surface area contributed by atoms with Gasteiger partial charge in [0.2, 0.25) is 0 Å². The van der Waals surface area contributed by atoms with Crippen LogP contribution >= 0.6 is 28.4 Å². The van der Waals surface area contributed by atoms with Crippen molar-refractivity contribution in [1.82, 2.24) is 9.55 Å². The predicted octanol–water partition coefficient (Wildman–Crippen LogP) is 2.95. The monoisotopic (exact) mass is 418 g/mol. The van der Waals surface area contributed by atoms with Gasteiger partial charge in [0, 0.05) is 11.8 Å². The minimum atomic E-state index is -0.235. The SMILES string of the molecule is CC1(C)CCCc2c1nn(PI)c2B1OC2(C)CC2(C)O1. The second kappa shape index (κ2) is 4.46. The molecule has 3 atom stereocenters. The van der Waals surface area contributed by atoms with Crippen molar-refractivity contribution >= 4 is 41.1 Å². The predicted molar refractivity (Wildman–Crippen MR) is 94.9 cm³/mol. The van der Waals surface area contributed by atoms with Crippen LogP contribution in [0.5, 0.6) is 0 Å². The van der Waals surface area contributed by atoms with Gasteiger partial charge in [-0.15, -0.1) is 0 Å². The highest BCUT2D eigenvalue weighted by Gasteiger charge is 2.72. The Balaban J connectivity index is 1.78. The van der Waals surface area contributed by atoms with E-state index in [-0.39, 0.29) is 23.7 Å². The molecule has 4 rings (SSSR count). The maximum Gasteiger partial charge on any atom is 0.514 e. The minimum absolute atomic E-state index is 0.0990. The molecule has 1 saturated heterocycles. The molecule has 0 aromatic carbocycles. The Labute approximate surface area is 141 Å². The quantitative estimate of drug-likeness (QED) is 0.421. The van der Waals surface area contributed by atoms with Crippen LogP contribution in [0, 0.1) is 0 Å². The molecular formula is C14H21BIN2O2P. The number of fused-ring (bicyclic) bond motifs is 2. The lowest BCUT2D eigenvalue weighted by Crippen LogP contribution is -2.42. The van der Waals surface area contributed by atoms with Crippen LogP contribution in [0.25, 0.3) is 0 Å². The molecule has 3 unspecified atom stereocenters. The maximum absolute atomic E-state index is 6.27. The summed E-state index contributed by atoms with van der Waals surface area (Å²) in [7, 11) is -0.235. The molecule has 2 heterocycles. The Kier molecular flexibility index (Phi) is 3.17. The summed E-state index contributed by atoms with van der Waals surface area (Å²) in [5.74, 6) is 0. The van der Waals surface area contributed by atoms with Crippen molar-refractivity contribution in [3.8, 4) is 0 Å². The zero-order valence-corrected chi connectivity index (χ0v) is 16.2. The first-order valence-electron chi connectivity index (χ1n) is 7.64. The second-order valence-electron chi connectivity index (χ2n) is 7.65. The van der Waals surface area contributed by atoms with Crippen molar-refractivity contribution in [3.05, 3.63) is 11.3 Å². The van der Waals surface area contributed by atoms with Gasteiger partial charge in [0.15, 0.2) is 0 Å². The first kappa shape index (κ1) is 14.9. The Morgan fingerprint density at radius 3 is 2.52 bits per heavy atom. The molecule has 1 aromatic rings. The normalized spacial score (nSPS) is 37.1. The maximum atomic E-state index is 6.27. The van der Waals surface area contributed by atoms with E-state index in [4.69, 9.17) is 14.4 Å². The largest absolute Gasteiger partial charge is 0.514 e. The first-order valence-corrected chi connectivity index (χ1v) is 11.7. The summed E-state index contributed by atoms with van der Waals surface area (Å²) in [5.41, 5.74) is 3.79. The minimum Gasteiger partial charge on any atom is -0.398 e. The molecule has 0 N–H and O–H groups in total. The number of hydrogen-bond acceptors (Lipinski definition) is 3. The van der Waals surface area contributed by atoms with Crippen LogP contribution in [-0.2, 0) is 21.1 Å². The molecule has 2 fully saturated rings. The molecule has 1 saturated carbocycles. The molecule has 3 aliphatic rings. The average molecular weight is 418 g/mol. The van der Waals surface area contributed by atoms with Crippen LogP contribution in [0.2, 0.25) is 0 Å². The summed E-state index contributed by atoms with van der Waals surface area (Å²) in [6.07, 6.45) is 5.13. The van der Waals surface area contributed by atoms with Crippen molar-refractivity contribution in [2.45, 2.75) is 70.0 Å². The molecule has 4 nitrogen and oxygen atoms in total. The number of rotatable bonds is 2. The van der Waals surface area contributed by atoms with E-state index in [0.717, 1.165) is 12.8 Å². The molecule has 0 amide bonds. The van der Waals surface area contributed by atoms with Crippen molar-refractivity contribution < 1.29 is 9.31 Å². The van der Waals surface area contributed by atoms with E-state index in [1.165, 1.54) is 29.7 Å². The number of aromatic nitrogens is 2. The Morgan fingerprint density at radius 2 is 1.90 bits per heavy atom. The Hall–Kier alpha value is 0.355. The van der Waals surface area contributed by atoms with Crippen LogP contribution in [0.15, 0.2) is 0 Å². The molecule has 0 radical (unpaired) electrons. The van der Waals surface area contributed by atoms with Gasteiger partial charge in [-0.3, -0.25) is 0 Å². The molecule has 1 aliphatic heterocycles. The molecule has 21 heavy (non-hydrogen) atoms. The summed E-state index contributed by atoms with van der Waals surface area (Å²) >= 11 is 2.40. The highest BCUT2D eigenvalue weighted by Crippen LogP contribution is 2.58. The van der Waals surface area contributed by atoms with E-state index in [0.29, 0.717) is 6.37 Å². The zero-order chi connectivity index (χ0) is 15.0. The van der Waals surface area contributed by atoms with Crippen molar-refractivity contribution in [2.75, 3.05) is 0 Å². The molecule has 1 aromatic heterocycles. The van der Waals surface area contributed by atoms with Gasteiger partial charge in [-0.1, -0.05) is 13.8 Å². The van der Waals surface area contributed by atoms with Crippen molar-refractivity contribution in [3.63, 3.8) is 0 Å². The fourth-order valence-electron chi connectivity index (χ4n) is 3.93. The fourth-order valence-corrected chi connectivity index (χ4v) is 5.50. The van der Waals surface area contributed by atoms with Gasteiger partial charge in [-0.05, 0) is 60.7 Å². The lowest BCUT2D eigenvalue weighted by atomic mass is 9.71. The van der Waals surface area contributed by atoms with Crippen LogP contribution in [0.4, 0.5) is 0 Å². The fraction of sp³-hybridized carbons (Fsp3) is 0.786. The van der Waals surface area contributed by atoms with E-state index in [9.17, 15) is 0 Å². The molecular weight excluding hydrogens is 397 g/mol. The standard InChI is InChI=1S/C14H21BIN2O2P/c1-12(2)7-5-6-9-10(12)17-18(21-16)11(9)15-19-13(3)8-14(13,4)20-15/h21H,5-8H2,1-4H3. The van der Waals surface area contributed by atoms with Crippen LogP contribution in [0.3, 0.4) is 0 Å². The number of hydrogen-bond donors (Lipinski definition) is 0. The summed E-state index contributed by atoms with van der Waals surface area (Å²) in [6, 6.07) is 0. The Morgan fingerprint density at radius 1 is 1.24 bits per heavy atom. The van der Waals surface area contributed by atoms with Gasteiger partial charge in [0.05, 0.1) is 28.9 Å². The number of halogens is 1. The molecule has 2 aliphatic carbocycles. The summed E-state index contributed by atoms with van der Waals surface area (Å²) < 4.78 is 14.7. The first-order chi connectivity index (χ1) is 9.80. The third-order valence-electron chi connectivity index (χ3n) is 5.60. The third-order valence-corrected chi connectivity index (χ3v) is 7.47. The summed E-state index contributed by atoms with van der Waals surface area (Å²) in [5, 5.41) is 4.91. The lowest BCUT2D eigenvalue weighted by Gasteiger charge is -2.28. The van der Waals surface area contributed by atoms with Gasteiger partial charge in [0.25, 0.3) is 0 Å². The molecule has 0 spiro atoms. The molecule has 7 heteroatoms. The highest BCUT2D eigenvalue weighted by atomic mass is 127. The summed E-state index contributed by atoms with van der Waals surface area (Å²) in [4.78, 5) is 0. The second-order valence-corrected chi connectivity index (χ2v) is 9.69. The van der Waals surface area contributed by atoms with Crippen molar-refractivity contribution in [2.24, 2.45) is 0 Å². The van der Waals surface area contributed by atoms with Gasteiger partial charge >= 0.3 is 7.12 Å². The van der Waals surface area contributed by atoms with Gasteiger partial charge in [-0.25, -0.2) is 4.45 Å². The number of nitrogens with zero attached hydrogens (tertiary/aromatic N) is 2. The smallest absolute Gasteiger partial charge is 0.398 e. The van der Waals surface area contributed by atoms with E-state index in [1.807, 2.05) is 0 Å². The van der Waals surface area contributed by atoms with Gasteiger partial charge in [0.1, 0.15) is 0 Å². The molecule has 0 bridgehead atoms. The van der Waals surface area contributed by atoms with E-state index < -0.39 is 0 Å². The van der Waals surface area contributed by atoms with E-state index >= 15 is 0 Å². The van der Waals surface area contributed by atoms with Crippen LogP contribution in [0.1, 0.15) is 58.2 Å². The van der Waals surface area contributed by atoms with E-state index in [2.05, 4.69) is 54.2 Å². The topological polar surface area (TPSA) is 36.3 Å². The molecule has 114 valence electrons. The van der Waals surface area contributed by atoms with E-state index in [1.54, 1.807) is 0 Å². The average Bonchev–Trinajstić information content (AvgIpc) is 2.72. The third kappa shape index (κ3) is 2.01. The Bertz CT molecular complexity index is 606. The van der Waals surface area contributed by atoms with Crippen molar-refractivity contribution in [1.29, 1.82) is 0 Å². The zero-order valence-electron chi connectivity index (χ0n) is 13.0. The van der Waals surface area contributed by atoms with Gasteiger partial charge < -0.3 is 9.31 Å². The summed E-state index contributed by atoms with van der Waals surface area (Å²) in [6.45, 7) is 8.94. The van der Waals surface area contributed by atoms with Gasteiger partial charge in [-0.2, -0.15) is 5.10 Å². The van der Waals surface area contributed by atoms with Crippen LogP contribution < -0.4 is 5.59 Å². The lowest BCUT2D eigenvalue weighted by molar-refractivity contribution is 0.187. The highest BCUT2D eigenvalue weighted by molar-refractivity contribution is 14.2.